The molecule has 1 aliphatic rings. The van der Waals surface area contributed by atoms with Gasteiger partial charge < -0.3 is 27.0 Å². The third-order valence-electron chi connectivity index (χ3n) is 5.71. The molecule has 0 radical (unpaired) electrons. The summed E-state index contributed by atoms with van der Waals surface area (Å²) in [5.41, 5.74) is 18.3. The maximum atomic E-state index is 12.5. The Balaban J connectivity index is 1.68. The molecule has 0 spiro atoms. The molecule has 0 atom stereocenters. The zero-order valence-corrected chi connectivity index (χ0v) is 19.2. The number of aromatic nitrogens is 2. The largest absolute Gasteiger partial charge is 0.396 e. The highest BCUT2D eigenvalue weighted by atomic mass is 16.5. The first kappa shape index (κ1) is 24.0. The summed E-state index contributed by atoms with van der Waals surface area (Å²) in [6, 6.07) is 4.95. The van der Waals surface area contributed by atoms with Gasteiger partial charge in [-0.1, -0.05) is 31.0 Å². The number of amides is 2. The second kappa shape index (κ2) is 9.85. The fraction of sp³-hybridized carbons (Fsp3) is 0.435. The van der Waals surface area contributed by atoms with Gasteiger partial charge in [-0.3, -0.25) is 19.6 Å². The second-order valence-corrected chi connectivity index (χ2v) is 8.88. The Morgan fingerprint density at radius 3 is 2.48 bits per heavy atom. The monoisotopic (exact) mass is 453 g/mol. The Hall–Kier alpha value is -3.69. The maximum absolute atomic E-state index is 12.5. The number of aliphatic imine (C=N–C) groups is 1. The number of amidine groups is 1. The van der Waals surface area contributed by atoms with Crippen LogP contribution in [0, 0.1) is 0 Å². The van der Waals surface area contributed by atoms with E-state index in [0.29, 0.717) is 17.1 Å². The molecule has 0 aromatic carbocycles. The Labute approximate surface area is 192 Å². The van der Waals surface area contributed by atoms with Gasteiger partial charge in [0.25, 0.3) is 5.91 Å². The highest BCUT2D eigenvalue weighted by Gasteiger charge is 2.34. The highest BCUT2D eigenvalue weighted by Crippen LogP contribution is 2.41. The predicted octanol–water partition coefficient (Wildman–Crippen LogP) is 2.00. The van der Waals surface area contributed by atoms with Gasteiger partial charge in [0.2, 0.25) is 5.91 Å². The molecule has 176 valence electrons. The number of nitrogens with one attached hydrogen (secondary N) is 1. The minimum atomic E-state index is -0.793. The molecule has 0 aliphatic heterocycles. The molecule has 10 heteroatoms. The summed E-state index contributed by atoms with van der Waals surface area (Å²) in [5, 5.41) is 6.74. The van der Waals surface area contributed by atoms with E-state index < -0.39 is 5.91 Å². The number of pyridine rings is 1. The Morgan fingerprint density at radius 2 is 1.91 bits per heavy atom. The molecule has 2 heterocycles. The average Bonchev–Trinajstić information content (AvgIpc) is 3.38. The van der Waals surface area contributed by atoms with Crippen molar-refractivity contribution < 1.29 is 14.1 Å². The molecule has 3 rings (SSSR count). The summed E-state index contributed by atoms with van der Waals surface area (Å²) in [7, 11) is 0. The highest BCUT2D eigenvalue weighted by molar-refractivity contribution is 6.24. The maximum Gasteiger partial charge on any atom is 0.254 e. The van der Waals surface area contributed by atoms with E-state index in [1.807, 2.05) is 13.8 Å². The van der Waals surface area contributed by atoms with E-state index in [2.05, 4.69) is 27.4 Å². The first-order valence-electron chi connectivity index (χ1n) is 10.9. The van der Waals surface area contributed by atoms with E-state index in [4.69, 9.17) is 21.7 Å². The molecule has 10 nitrogen and oxygen atoms in total. The standard InChI is InChI=1S/C23H31N7O3/c1-13(2)28-21(25)19(22(26)32)20(24)15-7-6-14(12-27-15)10-18(31)29-17-11-16(33-30-17)23(3)8-4-5-9-23/h6-7,11-13H,4-5,8-10,24H2,1-3H3,(H2,25,28)(H2,26,32)(H,29,30,31). The molecule has 0 bridgehead atoms. The Morgan fingerprint density at radius 1 is 1.21 bits per heavy atom. The van der Waals surface area contributed by atoms with Gasteiger partial charge in [0.05, 0.1) is 17.8 Å². The van der Waals surface area contributed by atoms with Crippen molar-refractivity contribution in [1.82, 2.24) is 10.1 Å². The van der Waals surface area contributed by atoms with Gasteiger partial charge in [-0.25, -0.2) is 0 Å². The van der Waals surface area contributed by atoms with E-state index in [9.17, 15) is 9.59 Å². The van der Waals surface area contributed by atoms with Crippen molar-refractivity contribution in [3.63, 3.8) is 0 Å². The number of nitrogens with two attached hydrogens (primary N) is 3. The topological polar surface area (TPSA) is 176 Å². The normalized spacial score (nSPS) is 16.5. The van der Waals surface area contributed by atoms with Crippen LogP contribution in [0.5, 0.6) is 0 Å². The molecule has 2 aromatic rings. The van der Waals surface area contributed by atoms with Crippen molar-refractivity contribution in [3.8, 4) is 0 Å². The van der Waals surface area contributed by atoms with E-state index >= 15 is 0 Å². The lowest BCUT2D eigenvalue weighted by Gasteiger charge is -2.18. The van der Waals surface area contributed by atoms with Crippen LogP contribution in [0.1, 0.15) is 63.5 Å². The molecular weight excluding hydrogens is 422 g/mol. The van der Waals surface area contributed by atoms with Crippen molar-refractivity contribution in [2.45, 2.75) is 64.3 Å². The number of nitrogens with zero attached hydrogens (tertiary/aromatic N) is 3. The number of primary amides is 1. The molecular formula is C23H31N7O3. The molecule has 1 fully saturated rings. The van der Waals surface area contributed by atoms with E-state index in [0.717, 1.165) is 18.6 Å². The van der Waals surface area contributed by atoms with Gasteiger partial charge in [-0.15, -0.1) is 0 Å². The smallest absolute Gasteiger partial charge is 0.254 e. The van der Waals surface area contributed by atoms with Gasteiger partial charge in [-0.05, 0) is 38.3 Å². The number of hydrogen-bond donors (Lipinski definition) is 4. The molecule has 1 aliphatic carbocycles. The van der Waals surface area contributed by atoms with Crippen LogP contribution in [0.4, 0.5) is 5.82 Å². The van der Waals surface area contributed by atoms with Crippen LogP contribution in [0.3, 0.4) is 0 Å². The molecule has 0 unspecified atom stereocenters. The van der Waals surface area contributed by atoms with Crippen molar-refractivity contribution in [3.05, 3.63) is 47.0 Å². The molecule has 2 amide bonds. The van der Waals surface area contributed by atoms with Crippen LogP contribution < -0.4 is 22.5 Å². The molecule has 33 heavy (non-hydrogen) atoms. The predicted molar refractivity (Wildman–Crippen MR) is 126 cm³/mol. The van der Waals surface area contributed by atoms with Gasteiger partial charge >= 0.3 is 0 Å². The molecule has 1 saturated carbocycles. The lowest BCUT2D eigenvalue weighted by molar-refractivity contribution is -0.116. The summed E-state index contributed by atoms with van der Waals surface area (Å²) in [6.07, 6.45) is 6.02. The van der Waals surface area contributed by atoms with Crippen molar-refractivity contribution in [1.29, 1.82) is 0 Å². The first-order valence-corrected chi connectivity index (χ1v) is 10.9. The van der Waals surface area contributed by atoms with Gasteiger partial charge in [0.1, 0.15) is 17.2 Å². The molecule has 7 N–H and O–H groups in total. The minimum absolute atomic E-state index is 0.0176. The quantitative estimate of drug-likeness (QED) is 0.268. The van der Waals surface area contributed by atoms with Crippen molar-refractivity contribution in [2.75, 3.05) is 5.32 Å². The fourth-order valence-electron chi connectivity index (χ4n) is 3.95. The number of hydrogen-bond acceptors (Lipinski definition) is 7. The molecule has 0 saturated heterocycles. The van der Waals surface area contributed by atoms with Crippen LogP contribution in [-0.4, -0.2) is 33.8 Å². The summed E-state index contributed by atoms with van der Waals surface area (Å²) in [4.78, 5) is 32.7. The zero-order chi connectivity index (χ0) is 24.2. The SMILES string of the molecule is CC(C)N=C(N)C(C(N)=O)=C(N)c1ccc(CC(=O)Nc2cc(C3(C)CCCC3)on2)cn1. The van der Waals surface area contributed by atoms with E-state index in [1.54, 1.807) is 18.2 Å². The summed E-state index contributed by atoms with van der Waals surface area (Å²) < 4.78 is 5.48. The third-order valence-corrected chi connectivity index (χ3v) is 5.71. The van der Waals surface area contributed by atoms with Gasteiger partial charge in [-0.2, -0.15) is 0 Å². The minimum Gasteiger partial charge on any atom is -0.396 e. The second-order valence-electron chi connectivity index (χ2n) is 8.88. The molecule has 2 aromatic heterocycles. The van der Waals surface area contributed by atoms with E-state index in [1.165, 1.54) is 19.0 Å². The van der Waals surface area contributed by atoms with Gasteiger partial charge in [0.15, 0.2) is 5.82 Å². The van der Waals surface area contributed by atoms with Crippen molar-refractivity contribution in [2.24, 2.45) is 22.2 Å². The van der Waals surface area contributed by atoms with Crippen LogP contribution >= 0.6 is 0 Å². The lowest BCUT2D eigenvalue weighted by atomic mass is 9.86. The Kier molecular flexibility index (Phi) is 7.15. The van der Waals surface area contributed by atoms with Crippen LogP contribution in [-0.2, 0) is 21.4 Å². The summed E-state index contributed by atoms with van der Waals surface area (Å²) in [5.74, 6) is 0.104. The van der Waals surface area contributed by atoms with Crippen LogP contribution in [0.25, 0.3) is 5.70 Å². The van der Waals surface area contributed by atoms with Gasteiger partial charge in [0, 0.05) is 23.7 Å². The van der Waals surface area contributed by atoms with Crippen LogP contribution in [0.2, 0.25) is 0 Å². The first-order chi connectivity index (χ1) is 15.6. The average molecular weight is 454 g/mol. The van der Waals surface area contributed by atoms with Crippen molar-refractivity contribution >= 4 is 29.2 Å². The lowest BCUT2D eigenvalue weighted by Crippen LogP contribution is -2.30. The number of carbonyl (C=O) groups is 2. The zero-order valence-electron chi connectivity index (χ0n) is 19.2. The number of rotatable bonds is 8. The summed E-state index contributed by atoms with van der Waals surface area (Å²) >= 11 is 0. The fourth-order valence-corrected chi connectivity index (χ4v) is 3.95. The van der Waals surface area contributed by atoms with E-state index in [-0.39, 0.29) is 40.9 Å². The number of anilines is 1. The summed E-state index contributed by atoms with van der Waals surface area (Å²) in [6.45, 7) is 5.79. The van der Waals surface area contributed by atoms with Crippen LogP contribution in [0.15, 0.2) is 39.5 Å². The third kappa shape index (κ3) is 5.76. The number of carbonyl (C=O) groups excluding carboxylic acids is 2. The Bertz CT molecular complexity index is 1080.